The van der Waals surface area contributed by atoms with Crippen molar-refractivity contribution in [2.24, 2.45) is 0 Å². The van der Waals surface area contributed by atoms with Crippen molar-refractivity contribution in [3.8, 4) is 0 Å². The fraction of sp³-hybridized carbons (Fsp3) is 0.364. The van der Waals surface area contributed by atoms with E-state index in [0.717, 1.165) is 6.07 Å². The summed E-state index contributed by atoms with van der Waals surface area (Å²) >= 11 is 0. The summed E-state index contributed by atoms with van der Waals surface area (Å²) < 4.78 is 13.2. The van der Waals surface area contributed by atoms with E-state index in [0.29, 0.717) is 0 Å². The SMILES string of the molecule is CC(CO)N(C)c1ccc(F)c(N)c1C(=O)O. The smallest absolute Gasteiger partial charge is 0.340 e. The summed E-state index contributed by atoms with van der Waals surface area (Å²) in [5.41, 5.74) is 5.01. The molecule has 0 saturated heterocycles. The van der Waals surface area contributed by atoms with Gasteiger partial charge >= 0.3 is 5.97 Å². The number of anilines is 2. The molecule has 94 valence electrons. The number of carboxylic acids is 1. The lowest BCUT2D eigenvalue weighted by Crippen LogP contribution is -2.33. The average Bonchev–Trinajstić information content (AvgIpc) is 2.29. The Hall–Kier alpha value is -1.82. The number of carboxylic acid groups (broad SMARTS) is 1. The molecule has 6 heteroatoms. The predicted molar refractivity (Wildman–Crippen MR) is 62.7 cm³/mol. The van der Waals surface area contributed by atoms with Crippen molar-refractivity contribution < 1.29 is 19.4 Å². The number of aliphatic hydroxyl groups excluding tert-OH is 1. The van der Waals surface area contributed by atoms with Gasteiger partial charge in [0.2, 0.25) is 0 Å². The zero-order valence-electron chi connectivity index (χ0n) is 9.64. The van der Waals surface area contributed by atoms with Crippen molar-refractivity contribution in [3.63, 3.8) is 0 Å². The highest BCUT2D eigenvalue weighted by Crippen LogP contribution is 2.28. The summed E-state index contributed by atoms with van der Waals surface area (Å²) in [6.45, 7) is 1.57. The second-order valence-corrected chi connectivity index (χ2v) is 3.80. The van der Waals surface area contributed by atoms with Crippen LogP contribution in [0.4, 0.5) is 15.8 Å². The number of hydrogen-bond donors (Lipinski definition) is 3. The molecule has 4 N–H and O–H groups in total. The molecule has 0 radical (unpaired) electrons. The van der Waals surface area contributed by atoms with Crippen molar-refractivity contribution >= 4 is 17.3 Å². The highest BCUT2D eigenvalue weighted by molar-refractivity contribution is 6.00. The number of nitrogens with zero attached hydrogens (tertiary/aromatic N) is 1. The highest BCUT2D eigenvalue weighted by Gasteiger charge is 2.21. The third-order valence-corrected chi connectivity index (χ3v) is 2.69. The van der Waals surface area contributed by atoms with Crippen molar-refractivity contribution in [1.82, 2.24) is 0 Å². The first-order chi connectivity index (χ1) is 7.90. The van der Waals surface area contributed by atoms with Crippen LogP contribution < -0.4 is 10.6 Å². The number of likely N-dealkylation sites (N-methyl/N-ethyl adjacent to an activating group) is 1. The van der Waals surface area contributed by atoms with E-state index in [1.165, 1.54) is 6.07 Å². The van der Waals surface area contributed by atoms with Gasteiger partial charge in [-0.3, -0.25) is 0 Å². The van der Waals surface area contributed by atoms with E-state index in [1.807, 2.05) is 0 Å². The van der Waals surface area contributed by atoms with Gasteiger partial charge in [0.15, 0.2) is 0 Å². The molecule has 1 aromatic carbocycles. The zero-order chi connectivity index (χ0) is 13.2. The largest absolute Gasteiger partial charge is 0.478 e. The Morgan fingerprint density at radius 3 is 2.65 bits per heavy atom. The Morgan fingerprint density at radius 1 is 1.59 bits per heavy atom. The van der Waals surface area contributed by atoms with Gasteiger partial charge < -0.3 is 20.8 Å². The van der Waals surface area contributed by atoms with Crippen LogP contribution in [-0.4, -0.2) is 35.9 Å². The Bertz CT molecular complexity index is 437. The van der Waals surface area contributed by atoms with E-state index in [-0.39, 0.29) is 23.9 Å². The number of aliphatic hydroxyl groups is 1. The van der Waals surface area contributed by atoms with Crippen LogP contribution in [0, 0.1) is 5.82 Å². The van der Waals surface area contributed by atoms with Gasteiger partial charge in [-0.05, 0) is 19.1 Å². The summed E-state index contributed by atoms with van der Waals surface area (Å²) in [6, 6.07) is 2.15. The van der Waals surface area contributed by atoms with Gasteiger partial charge in [0.25, 0.3) is 0 Å². The molecule has 0 saturated carbocycles. The summed E-state index contributed by atoms with van der Waals surface area (Å²) in [7, 11) is 1.61. The topological polar surface area (TPSA) is 86.8 Å². The first-order valence-electron chi connectivity index (χ1n) is 5.05. The Morgan fingerprint density at radius 2 is 2.18 bits per heavy atom. The van der Waals surface area contributed by atoms with E-state index >= 15 is 0 Å². The summed E-state index contributed by atoms with van der Waals surface area (Å²) in [6.07, 6.45) is 0. The molecule has 0 fully saturated rings. The van der Waals surface area contributed by atoms with Crippen LogP contribution in [-0.2, 0) is 0 Å². The van der Waals surface area contributed by atoms with Crippen LogP contribution in [0.3, 0.4) is 0 Å². The Labute approximate surface area is 98.3 Å². The number of hydrogen-bond acceptors (Lipinski definition) is 4. The van der Waals surface area contributed by atoms with Crippen LogP contribution in [0.25, 0.3) is 0 Å². The second-order valence-electron chi connectivity index (χ2n) is 3.80. The number of rotatable bonds is 4. The van der Waals surface area contributed by atoms with Crippen LogP contribution in [0.1, 0.15) is 17.3 Å². The lowest BCUT2D eigenvalue weighted by molar-refractivity contribution is 0.0698. The maximum absolute atomic E-state index is 13.2. The van der Waals surface area contributed by atoms with Crippen molar-refractivity contribution in [1.29, 1.82) is 0 Å². The fourth-order valence-corrected chi connectivity index (χ4v) is 1.46. The summed E-state index contributed by atoms with van der Waals surface area (Å²) in [5, 5.41) is 18.1. The zero-order valence-corrected chi connectivity index (χ0v) is 9.64. The van der Waals surface area contributed by atoms with Crippen LogP contribution in [0.5, 0.6) is 0 Å². The van der Waals surface area contributed by atoms with Gasteiger partial charge in [0.1, 0.15) is 11.4 Å². The van der Waals surface area contributed by atoms with E-state index in [1.54, 1.807) is 18.9 Å². The van der Waals surface area contributed by atoms with Gasteiger partial charge in [-0.1, -0.05) is 0 Å². The lowest BCUT2D eigenvalue weighted by atomic mass is 10.1. The molecule has 1 unspecified atom stereocenters. The normalized spacial score (nSPS) is 12.2. The van der Waals surface area contributed by atoms with Crippen LogP contribution in [0.15, 0.2) is 12.1 Å². The Kier molecular flexibility index (Phi) is 3.90. The molecule has 0 spiro atoms. The molecule has 0 aliphatic rings. The molecule has 0 heterocycles. The number of carbonyl (C=O) groups is 1. The monoisotopic (exact) mass is 242 g/mol. The number of benzene rings is 1. The molecule has 0 aliphatic heterocycles. The minimum atomic E-state index is -1.30. The lowest BCUT2D eigenvalue weighted by Gasteiger charge is -2.27. The predicted octanol–water partition coefficient (Wildman–Crippen LogP) is 0.923. The highest BCUT2D eigenvalue weighted by atomic mass is 19.1. The van der Waals surface area contributed by atoms with Crippen LogP contribution >= 0.6 is 0 Å². The molecular weight excluding hydrogens is 227 g/mol. The van der Waals surface area contributed by atoms with Crippen LogP contribution in [0.2, 0.25) is 0 Å². The van der Waals surface area contributed by atoms with Gasteiger partial charge in [-0.25, -0.2) is 9.18 Å². The minimum absolute atomic E-state index is 0.146. The maximum Gasteiger partial charge on any atom is 0.340 e. The van der Waals surface area contributed by atoms with Gasteiger partial charge in [-0.2, -0.15) is 0 Å². The Balaban J connectivity index is 3.34. The third-order valence-electron chi connectivity index (χ3n) is 2.69. The van der Waals surface area contributed by atoms with E-state index < -0.39 is 17.5 Å². The molecule has 0 amide bonds. The number of nitrogens with two attached hydrogens (primary N) is 1. The van der Waals surface area contributed by atoms with Gasteiger partial charge in [-0.15, -0.1) is 0 Å². The van der Waals surface area contributed by atoms with Gasteiger partial charge in [0.05, 0.1) is 18.0 Å². The number of nitrogen functional groups attached to an aromatic ring is 1. The van der Waals surface area contributed by atoms with E-state index in [2.05, 4.69) is 0 Å². The summed E-state index contributed by atoms with van der Waals surface area (Å²) in [4.78, 5) is 12.6. The van der Waals surface area contributed by atoms with Crippen molar-refractivity contribution in [2.75, 3.05) is 24.3 Å². The molecule has 1 atom stereocenters. The quantitative estimate of drug-likeness (QED) is 0.683. The molecule has 0 aliphatic carbocycles. The molecule has 0 aromatic heterocycles. The first-order valence-corrected chi connectivity index (χ1v) is 5.05. The minimum Gasteiger partial charge on any atom is -0.478 e. The molecule has 5 nitrogen and oxygen atoms in total. The molecule has 1 rings (SSSR count). The second kappa shape index (κ2) is 5.01. The standard InChI is InChI=1S/C11H15FN2O3/c1-6(5-15)14(2)8-4-3-7(12)10(13)9(8)11(16)17/h3-4,6,15H,5,13H2,1-2H3,(H,16,17). The molecule has 17 heavy (non-hydrogen) atoms. The van der Waals surface area contributed by atoms with Crippen molar-refractivity contribution in [3.05, 3.63) is 23.5 Å². The van der Waals surface area contributed by atoms with E-state index in [4.69, 9.17) is 15.9 Å². The average molecular weight is 242 g/mol. The fourth-order valence-electron chi connectivity index (χ4n) is 1.46. The number of halogens is 1. The van der Waals surface area contributed by atoms with Gasteiger partial charge in [0, 0.05) is 13.1 Å². The van der Waals surface area contributed by atoms with Crippen molar-refractivity contribution in [2.45, 2.75) is 13.0 Å². The maximum atomic E-state index is 13.2. The summed E-state index contributed by atoms with van der Waals surface area (Å²) in [5.74, 6) is -2.06. The van der Waals surface area contributed by atoms with E-state index in [9.17, 15) is 9.18 Å². The molecule has 0 bridgehead atoms. The molecular formula is C11H15FN2O3. The number of aromatic carboxylic acids is 1. The third kappa shape index (κ3) is 2.47. The first kappa shape index (κ1) is 13.2. The molecule has 1 aromatic rings.